The van der Waals surface area contributed by atoms with Crippen molar-refractivity contribution >= 4 is 0 Å². The predicted octanol–water partition coefficient (Wildman–Crippen LogP) is 23.2. The van der Waals surface area contributed by atoms with Gasteiger partial charge in [-0.15, -0.1) is 0 Å². The monoisotopic (exact) mass is 1220 g/mol. The Morgan fingerprint density at radius 3 is 0.400 bits per heavy atom. The van der Waals surface area contributed by atoms with E-state index in [-0.39, 0.29) is 168 Å². The molecule has 388 valence electrons. The molecule has 0 amide bonds. The van der Waals surface area contributed by atoms with Crippen molar-refractivity contribution in [3.8, 4) is 0 Å². The second kappa shape index (κ2) is 47.1. The van der Waals surface area contributed by atoms with Gasteiger partial charge in [0, 0.05) is 131 Å². The smallest absolute Gasteiger partial charge is 0 e. The second-order valence-electron chi connectivity index (χ2n) is 26.4. The Hall–Kier alpha value is 3.38. The van der Waals surface area contributed by atoms with Crippen molar-refractivity contribution in [2.24, 2.45) is 43.3 Å². The van der Waals surface area contributed by atoms with Gasteiger partial charge in [0.15, 0.2) is 0 Å². The molecule has 0 heterocycles. The zero-order chi connectivity index (χ0) is 45.6. The molecule has 4 radical (unpaired) electrons. The molecule has 0 bridgehead atoms. The van der Waals surface area contributed by atoms with Crippen molar-refractivity contribution in [1.29, 1.82) is 0 Å². The maximum atomic E-state index is 3.58. The molecule has 0 aliphatic carbocycles. The summed E-state index contributed by atoms with van der Waals surface area (Å²) in [6.07, 6.45) is 27.9. The van der Waals surface area contributed by atoms with Crippen LogP contribution in [-0.2, 0) is 131 Å². The number of allylic oxidation sites excluding steroid dienone is 8. The fraction of sp³-hybridized carbons (Fsp3) is 0.869. The summed E-state index contributed by atoms with van der Waals surface area (Å²) in [5.41, 5.74) is 9.06. The third-order valence-corrected chi connectivity index (χ3v) is 8.16. The molecule has 0 saturated heterocycles. The van der Waals surface area contributed by atoms with Crippen LogP contribution in [0.4, 0.5) is 0 Å². The molecule has 0 saturated carbocycles. The van der Waals surface area contributed by atoms with Crippen LogP contribution in [0.15, 0.2) is 22.3 Å². The van der Waals surface area contributed by atoms with E-state index >= 15 is 0 Å². The van der Waals surface area contributed by atoms with Crippen LogP contribution in [0.3, 0.4) is 0 Å². The van der Waals surface area contributed by atoms with E-state index in [1.807, 2.05) is 0 Å². The van der Waals surface area contributed by atoms with Gasteiger partial charge in [-0.3, -0.25) is 22.3 Å². The number of rotatable bonds is 12. The van der Waals surface area contributed by atoms with Crippen molar-refractivity contribution in [2.75, 3.05) is 0 Å². The Balaban J connectivity index is -0.0000000482. The van der Waals surface area contributed by atoms with Crippen molar-refractivity contribution < 1.29 is 131 Å². The molecule has 0 fully saturated rings. The molecular formula is C61H128Y4-4. The molecule has 0 aromatic rings. The van der Waals surface area contributed by atoms with Crippen LogP contribution < -0.4 is 0 Å². The van der Waals surface area contributed by atoms with Gasteiger partial charge in [0.25, 0.3) is 0 Å². The Labute approximate surface area is 521 Å². The summed E-state index contributed by atoms with van der Waals surface area (Å²) in [6, 6.07) is 0. The average Bonchev–Trinajstić information content (AvgIpc) is 2.94. The molecule has 0 N–H and O–H groups in total. The van der Waals surface area contributed by atoms with Crippen LogP contribution in [-0.4, -0.2) is 0 Å². The summed E-state index contributed by atoms with van der Waals surface area (Å²) in [4.78, 5) is 0. The minimum Gasteiger partial charge on any atom is -0.497 e. The first-order chi connectivity index (χ1) is 24.6. The molecule has 0 aliphatic heterocycles. The normalized spacial score (nSPS) is 12.6. The van der Waals surface area contributed by atoms with E-state index in [1.165, 1.54) is 48.0 Å². The van der Waals surface area contributed by atoms with Gasteiger partial charge in [0.2, 0.25) is 0 Å². The largest absolute Gasteiger partial charge is 0.497 e. The molecule has 65 heavy (non-hydrogen) atoms. The average molecular weight is 1220 g/mol. The summed E-state index contributed by atoms with van der Waals surface area (Å²) in [5, 5.41) is 0. The zero-order valence-electron chi connectivity index (χ0n) is 46.8. The van der Waals surface area contributed by atoms with E-state index in [2.05, 4.69) is 218 Å². The summed E-state index contributed by atoms with van der Waals surface area (Å²) in [6.45, 7) is 63.7. The summed E-state index contributed by atoms with van der Waals surface area (Å²) < 4.78 is 0. The first kappa shape index (κ1) is 101. The Morgan fingerprint density at radius 2 is 0.338 bits per heavy atom. The summed E-state index contributed by atoms with van der Waals surface area (Å²) >= 11 is 0. The van der Waals surface area contributed by atoms with Crippen molar-refractivity contribution in [3.63, 3.8) is 0 Å². The minimum absolute atomic E-state index is 0. The topological polar surface area (TPSA) is 0 Å². The van der Waals surface area contributed by atoms with Crippen LogP contribution >= 0.6 is 0 Å². The predicted molar refractivity (Wildman–Crippen MR) is 294 cm³/mol. The SMILES string of the molecule is C.C.C.C.C.CCC(=[C-]CC(C)(C)C)CC(C)(C)C.CCC(=[C-]CC(C)(C)C)CC(C)(C)C.CCC(=[C-]CC(C)(C)C)CC(C)(C)C.CCC(=[C-]CC(C)(C)C)CC(C)(C)C.[Y].[Y].[Y].[Y]. The maximum absolute atomic E-state index is 3.58. The fourth-order valence-corrected chi connectivity index (χ4v) is 5.37. The van der Waals surface area contributed by atoms with E-state index < -0.39 is 0 Å². The van der Waals surface area contributed by atoms with Gasteiger partial charge in [-0.1, -0.05) is 304 Å². The molecule has 0 aliphatic rings. The Morgan fingerprint density at radius 1 is 0.231 bits per heavy atom. The maximum Gasteiger partial charge on any atom is 0 e. The Bertz CT molecular complexity index is 938. The zero-order valence-corrected chi connectivity index (χ0v) is 58.1. The molecule has 0 aromatic heterocycles. The molecule has 0 unspecified atom stereocenters. The van der Waals surface area contributed by atoms with Gasteiger partial charge in [-0.25, -0.2) is 0 Å². The molecule has 0 atom stereocenters. The van der Waals surface area contributed by atoms with Gasteiger partial charge < -0.3 is 24.3 Å². The summed E-state index contributed by atoms with van der Waals surface area (Å²) in [5.74, 6) is 0. The van der Waals surface area contributed by atoms with Gasteiger partial charge in [-0.05, 0) is 21.7 Å². The van der Waals surface area contributed by atoms with Crippen LogP contribution in [0.1, 0.15) is 308 Å². The van der Waals surface area contributed by atoms with E-state index in [0.717, 1.165) is 51.4 Å². The minimum atomic E-state index is 0. The molecule has 0 nitrogen and oxygen atoms in total. The number of hydrogen-bond acceptors (Lipinski definition) is 0. The first-order valence-electron chi connectivity index (χ1n) is 22.9. The van der Waals surface area contributed by atoms with Gasteiger partial charge in [0.1, 0.15) is 0 Å². The van der Waals surface area contributed by atoms with E-state index in [1.54, 1.807) is 0 Å². The number of hydrogen-bond donors (Lipinski definition) is 0. The van der Waals surface area contributed by atoms with Crippen LogP contribution in [0.5, 0.6) is 0 Å². The van der Waals surface area contributed by atoms with Gasteiger partial charge in [-0.2, -0.15) is 25.7 Å². The van der Waals surface area contributed by atoms with E-state index in [4.69, 9.17) is 0 Å². The molecule has 0 aromatic carbocycles. The first-order valence-corrected chi connectivity index (χ1v) is 22.9. The molecule has 0 rings (SSSR count). The molecule has 4 heteroatoms. The van der Waals surface area contributed by atoms with Crippen molar-refractivity contribution in [1.82, 2.24) is 0 Å². The van der Waals surface area contributed by atoms with Gasteiger partial charge >= 0.3 is 0 Å². The van der Waals surface area contributed by atoms with Crippen LogP contribution in [0.25, 0.3) is 0 Å². The molecule has 0 spiro atoms. The van der Waals surface area contributed by atoms with Gasteiger partial charge in [0.05, 0.1) is 0 Å². The van der Waals surface area contributed by atoms with Crippen LogP contribution in [0, 0.1) is 67.6 Å². The Kier molecular flexibility index (Phi) is 73.4. The van der Waals surface area contributed by atoms with Crippen molar-refractivity contribution in [3.05, 3.63) is 46.6 Å². The molecular weight excluding hydrogens is 1090 g/mol. The third kappa shape index (κ3) is 93.9. The van der Waals surface area contributed by atoms with Crippen molar-refractivity contribution in [2.45, 2.75) is 308 Å². The van der Waals surface area contributed by atoms with E-state index in [9.17, 15) is 0 Å². The van der Waals surface area contributed by atoms with Crippen LogP contribution in [0.2, 0.25) is 0 Å². The standard InChI is InChI=1S/4C14H27.5CH4.4Y/c4*1-8-12(11-14(5,6)7)9-10-13(2,3)4;;;;;;;;;/h4*8,10-11H2,1-7H3;5*1H4;;;;/q4*-1;;;;;;;;;. The summed E-state index contributed by atoms with van der Waals surface area (Å²) in [7, 11) is 0. The quantitative estimate of drug-likeness (QED) is 0.171. The third-order valence-electron chi connectivity index (χ3n) is 8.16. The van der Waals surface area contributed by atoms with E-state index in [0.29, 0.717) is 43.3 Å². The second-order valence-corrected chi connectivity index (χ2v) is 26.4. The fourth-order valence-electron chi connectivity index (χ4n) is 5.37.